The molecule has 0 bridgehead atoms. The quantitative estimate of drug-likeness (QED) is 0.775. The highest BCUT2D eigenvalue weighted by molar-refractivity contribution is 6.31. The third-order valence-corrected chi connectivity index (χ3v) is 2.43. The molecule has 0 N–H and O–H groups in total. The number of Topliss-reactive ketones (excluding diaryl/α,β-unsaturated/α-hetero) is 1. The monoisotopic (exact) mass is 227 g/mol. The summed E-state index contributed by atoms with van der Waals surface area (Å²) >= 11 is 5.89. The zero-order chi connectivity index (χ0) is 11.3. The Labute approximate surface area is 94.4 Å². The van der Waals surface area contributed by atoms with Crippen LogP contribution in [0.25, 0.3) is 0 Å². The maximum Gasteiger partial charge on any atom is 0.165 e. The number of pyridine rings is 1. The van der Waals surface area contributed by atoms with E-state index in [0.29, 0.717) is 18.1 Å². The molecular formula is C11H14ClNO2. The molecule has 1 rings (SSSR count). The minimum Gasteiger partial charge on any atom is -0.371 e. The molecule has 4 heteroatoms. The van der Waals surface area contributed by atoms with Gasteiger partial charge in [-0.05, 0) is 25.5 Å². The Morgan fingerprint density at radius 2 is 2.40 bits per heavy atom. The third kappa shape index (κ3) is 3.61. The van der Waals surface area contributed by atoms with Gasteiger partial charge in [0.25, 0.3) is 0 Å². The number of hydrogen-bond donors (Lipinski definition) is 0. The van der Waals surface area contributed by atoms with Crippen LogP contribution in [0, 0.1) is 0 Å². The van der Waals surface area contributed by atoms with Crippen LogP contribution < -0.4 is 0 Å². The number of aromatic nitrogens is 1. The second-order valence-corrected chi connectivity index (χ2v) is 3.61. The first-order valence-electron chi connectivity index (χ1n) is 4.87. The minimum atomic E-state index is -0.376. The van der Waals surface area contributed by atoms with Gasteiger partial charge in [-0.15, -0.1) is 0 Å². The highest BCUT2D eigenvalue weighted by atomic mass is 35.5. The van der Waals surface area contributed by atoms with Crippen molar-refractivity contribution in [3.05, 3.63) is 29.0 Å². The second-order valence-electron chi connectivity index (χ2n) is 3.21. The van der Waals surface area contributed by atoms with E-state index in [-0.39, 0.29) is 11.9 Å². The summed E-state index contributed by atoms with van der Waals surface area (Å²) in [6, 6.07) is 1.75. The maximum absolute atomic E-state index is 11.7. The van der Waals surface area contributed by atoms with Crippen LogP contribution in [0.1, 0.15) is 19.4 Å². The van der Waals surface area contributed by atoms with E-state index in [4.69, 9.17) is 16.3 Å². The van der Waals surface area contributed by atoms with E-state index in [9.17, 15) is 4.79 Å². The van der Waals surface area contributed by atoms with E-state index >= 15 is 0 Å². The normalized spacial score (nSPS) is 12.5. The summed E-state index contributed by atoms with van der Waals surface area (Å²) in [7, 11) is 0. The first kappa shape index (κ1) is 12.1. The van der Waals surface area contributed by atoms with E-state index in [1.54, 1.807) is 19.2 Å². The summed E-state index contributed by atoms with van der Waals surface area (Å²) in [5.41, 5.74) is 0.795. The molecule has 15 heavy (non-hydrogen) atoms. The molecule has 0 aliphatic rings. The van der Waals surface area contributed by atoms with Crippen LogP contribution in [0.5, 0.6) is 0 Å². The summed E-state index contributed by atoms with van der Waals surface area (Å²) in [4.78, 5) is 15.5. The summed E-state index contributed by atoms with van der Waals surface area (Å²) in [6.45, 7) is 4.15. The Bertz CT molecular complexity index is 341. The summed E-state index contributed by atoms with van der Waals surface area (Å²) < 4.78 is 5.21. The van der Waals surface area contributed by atoms with Crippen molar-refractivity contribution in [2.75, 3.05) is 6.61 Å². The van der Waals surface area contributed by atoms with Crippen LogP contribution in [-0.4, -0.2) is 23.5 Å². The van der Waals surface area contributed by atoms with Gasteiger partial charge in [-0.1, -0.05) is 11.6 Å². The third-order valence-electron chi connectivity index (χ3n) is 2.09. The van der Waals surface area contributed by atoms with Crippen molar-refractivity contribution in [1.29, 1.82) is 0 Å². The van der Waals surface area contributed by atoms with E-state index in [0.717, 1.165) is 5.56 Å². The first-order valence-corrected chi connectivity index (χ1v) is 5.25. The molecule has 3 nitrogen and oxygen atoms in total. The van der Waals surface area contributed by atoms with Crippen molar-refractivity contribution in [3.8, 4) is 0 Å². The lowest BCUT2D eigenvalue weighted by molar-refractivity contribution is -0.128. The zero-order valence-corrected chi connectivity index (χ0v) is 9.62. The van der Waals surface area contributed by atoms with Gasteiger partial charge in [-0.3, -0.25) is 9.78 Å². The predicted octanol–water partition coefficient (Wildman–Crippen LogP) is 2.27. The van der Waals surface area contributed by atoms with Crippen molar-refractivity contribution < 1.29 is 9.53 Å². The van der Waals surface area contributed by atoms with E-state index < -0.39 is 0 Å². The van der Waals surface area contributed by atoms with Crippen LogP contribution in [0.3, 0.4) is 0 Å². The Morgan fingerprint density at radius 3 is 3.00 bits per heavy atom. The fourth-order valence-electron chi connectivity index (χ4n) is 1.22. The number of halogens is 1. The molecular weight excluding hydrogens is 214 g/mol. The summed E-state index contributed by atoms with van der Waals surface area (Å²) in [5, 5.41) is 0.523. The van der Waals surface area contributed by atoms with Crippen LogP contribution in [0.15, 0.2) is 18.5 Å². The van der Waals surface area contributed by atoms with Crippen LogP contribution in [-0.2, 0) is 16.0 Å². The van der Waals surface area contributed by atoms with E-state index in [2.05, 4.69) is 4.98 Å². The number of hydrogen-bond acceptors (Lipinski definition) is 3. The Kier molecular flexibility index (Phi) is 4.72. The molecule has 82 valence electrons. The van der Waals surface area contributed by atoms with Gasteiger partial charge in [-0.2, -0.15) is 0 Å². The van der Waals surface area contributed by atoms with Gasteiger partial charge in [0.05, 0.1) is 5.02 Å². The van der Waals surface area contributed by atoms with Gasteiger partial charge in [-0.25, -0.2) is 0 Å². The average molecular weight is 228 g/mol. The number of nitrogens with zero attached hydrogens (tertiary/aromatic N) is 1. The van der Waals surface area contributed by atoms with Gasteiger partial charge < -0.3 is 4.74 Å². The predicted molar refractivity (Wildman–Crippen MR) is 59.0 cm³/mol. The van der Waals surface area contributed by atoms with Crippen LogP contribution >= 0.6 is 11.6 Å². The largest absolute Gasteiger partial charge is 0.371 e. The molecule has 0 fully saturated rings. The molecule has 0 spiro atoms. The molecule has 0 amide bonds. The Hall–Kier alpha value is -0.930. The average Bonchev–Trinajstić information content (AvgIpc) is 2.21. The molecule has 0 radical (unpaired) electrons. The van der Waals surface area contributed by atoms with Crippen molar-refractivity contribution in [2.45, 2.75) is 26.4 Å². The van der Waals surface area contributed by atoms with E-state index in [1.165, 1.54) is 6.20 Å². The molecule has 1 aromatic heterocycles. The van der Waals surface area contributed by atoms with Gasteiger partial charge in [0.2, 0.25) is 0 Å². The molecule has 1 heterocycles. The Balaban J connectivity index is 2.62. The van der Waals surface area contributed by atoms with Gasteiger partial charge in [0.15, 0.2) is 5.78 Å². The number of carbonyl (C=O) groups is 1. The molecule has 0 aliphatic carbocycles. The van der Waals surface area contributed by atoms with E-state index in [1.807, 2.05) is 6.92 Å². The van der Waals surface area contributed by atoms with Crippen molar-refractivity contribution in [3.63, 3.8) is 0 Å². The van der Waals surface area contributed by atoms with Gasteiger partial charge in [0.1, 0.15) is 6.10 Å². The molecule has 1 aromatic rings. The van der Waals surface area contributed by atoms with Gasteiger partial charge in [0, 0.05) is 25.4 Å². The molecule has 1 atom stereocenters. The number of carbonyl (C=O) groups excluding carboxylic acids is 1. The minimum absolute atomic E-state index is 0.0324. The second kappa shape index (κ2) is 5.83. The lowest BCUT2D eigenvalue weighted by Crippen LogP contribution is -2.22. The van der Waals surface area contributed by atoms with Gasteiger partial charge >= 0.3 is 0 Å². The highest BCUT2D eigenvalue weighted by Gasteiger charge is 2.14. The molecule has 0 saturated carbocycles. The topological polar surface area (TPSA) is 39.2 Å². The maximum atomic E-state index is 11.7. The molecule has 0 aliphatic heterocycles. The molecule has 0 saturated heterocycles. The standard InChI is InChI=1S/C11H14ClNO2/c1-3-15-8(2)11(14)6-9-4-5-13-7-10(9)12/h4-5,7-8H,3,6H2,1-2H3. The fourth-order valence-corrected chi connectivity index (χ4v) is 1.41. The van der Waals surface area contributed by atoms with Crippen LogP contribution in [0.4, 0.5) is 0 Å². The number of ketones is 1. The number of ether oxygens (including phenoxy) is 1. The molecule has 0 aromatic carbocycles. The Morgan fingerprint density at radius 1 is 1.67 bits per heavy atom. The van der Waals surface area contributed by atoms with Crippen molar-refractivity contribution >= 4 is 17.4 Å². The van der Waals surface area contributed by atoms with Crippen molar-refractivity contribution in [2.24, 2.45) is 0 Å². The zero-order valence-electron chi connectivity index (χ0n) is 8.87. The van der Waals surface area contributed by atoms with Crippen molar-refractivity contribution in [1.82, 2.24) is 4.98 Å². The lowest BCUT2D eigenvalue weighted by Gasteiger charge is -2.10. The van der Waals surface area contributed by atoms with Crippen LogP contribution in [0.2, 0.25) is 5.02 Å². The summed E-state index contributed by atoms with van der Waals surface area (Å²) in [6.07, 6.45) is 3.08. The SMILES string of the molecule is CCOC(C)C(=O)Cc1ccncc1Cl. The number of rotatable bonds is 5. The highest BCUT2D eigenvalue weighted by Crippen LogP contribution is 2.15. The first-order chi connectivity index (χ1) is 7.15. The molecule has 1 unspecified atom stereocenters. The summed E-state index contributed by atoms with van der Waals surface area (Å²) in [5.74, 6) is 0.0324. The smallest absolute Gasteiger partial charge is 0.165 e. The lowest BCUT2D eigenvalue weighted by atomic mass is 10.1. The fraction of sp³-hybridized carbons (Fsp3) is 0.455.